The third-order valence-electron chi connectivity index (χ3n) is 2.44. The lowest BCUT2D eigenvalue weighted by molar-refractivity contribution is -0.110. The molecule has 0 aliphatic rings. The maximum absolute atomic E-state index is 12.9. The molecule has 0 spiro atoms. The number of amides is 1. The van der Waals surface area contributed by atoms with Gasteiger partial charge < -0.3 is 10.4 Å². The Balaban J connectivity index is 2.57. The first-order valence-corrected chi connectivity index (χ1v) is 5.27. The van der Waals surface area contributed by atoms with E-state index in [2.05, 4.69) is 5.32 Å². The SMILES string of the molecule is CC(O)(CCc1cc(F)cc(F)c1)CNC=O. The van der Waals surface area contributed by atoms with E-state index in [9.17, 15) is 18.7 Å². The van der Waals surface area contributed by atoms with Crippen LogP contribution in [0.25, 0.3) is 0 Å². The van der Waals surface area contributed by atoms with Crippen molar-refractivity contribution in [3.63, 3.8) is 0 Å². The zero-order chi connectivity index (χ0) is 12.9. The summed E-state index contributed by atoms with van der Waals surface area (Å²) >= 11 is 0. The number of benzene rings is 1. The number of carbonyl (C=O) groups is 1. The van der Waals surface area contributed by atoms with Gasteiger partial charge in [0.05, 0.1) is 5.60 Å². The Hall–Kier alpha value is -1.49. The van der Waals surface area contributed by atoms with Crippen LogP contribution in [0.15, 0.2) is 18.2 Å². The highest BCUT2D eigenvalue weighted by atomic mass is 19.1. The van der Waals surface area contributed by atoms with Crippen LogP contribution in [0.1, 0.15) is 18.9 Å². The zero-order valence-electron chi connectivity index (χ0n) is 9.54. The Labute approximate surface area is 98.5 Å². The number of carbonyl (C=O) groups excluding carboxylic acids is 1. The monoisotopic (exact) mass is 243 g/mol. The van der Waals surface area contributed by atoms with Crippen molar-refractivity contribution in [2.24, 2.45) is 0 Å². The molecule has 94 valence electrons. The second kappa shape index (κ2) is 5.72. The summed E-state index contributed by atoms with van der Waals surface area (Å²) in [5, 5.41) is 12.2. The van der Waals surface area contributed by atoms with Crippen molar-refractivity contribution in [1.82, 2.24) is 5.32 Å². The maximum atomic E-state index is 12.9. The highest BCUT2D eigenvalue weighted by Crippen LogP contribution is 2.15. The smallest absolute Gasteiger partial charge is 0.207 e. The topological polar surface area (TPSA) is 49.3 Å². The van der Waals surface area contributed by atoms with E-state index in [0.717, 1.165) is 6.07 Å². The van der Waals surface area contributed by atoms with Crippen LogP contribution in [-0.2, 0) is 11.2 Å². The molecule has 0 heterocycles. The number of aliphatic hydroxyl groups is 1. The van der Waals surface area contributed by atoms with Gasteiger partial charge in [0.1, 0.15) is 11.6 Å². The van der Waals surface area contributed by atoms with E-state index in [1.807, 2.05) is 0 Å². The first-order valence-electron chi connectivity index (χ1n) is 5.27. The molecule has 3 nitrogen and oxygen atoms in total. The van der Waals surface area contributed by atoms with Gasteiger partial charge in [-0.3, -0.25) is 4.79 Å². The normalized spacial score (nSPS) is 14.1. The van der Waals surface area contributed by atoms with Crippen molar-refractivity contribution in [3.05, 3.63) is 35.4 Å². The van der Waals surface area contributed by atoms with Gasteiger partial charge in [-0.2, -0.15) is 0 Å². The summed E-state index contributed by atoms with van der Waals surface area (Å²) in [6.45, 7) is 1.66. The number of halogens is 2. The van der Waals surface area contributed by atoms with Gasteiger partial charge in [0.2, 0.25) is 6.41 Å². The van der Waals surface area contributed by atoms with Gasteiger partial charge in [-0.1, -0.05) is 0 Å². The van der Waals surface area contributed by atoms with Crippen LogP contribution in [0.4, 0.5) is 8.78 Å². The lowest BCUT2D eigenvalue weighted by Crippen LogP contribution is -2.37. The van der Waals surface area contributed by atoms with Gasteiger partial charge in [0, 0.05) is 12.6 Å². The number of hydrogen-bond acceptors (Lipinski definition) is 2. The molecular formula is C12H15F2NO2. The van der Waals surface area contributed by atoms with Crippen LogP contribution < -0.4 is 5.32 Å². The second-order valence-corrected chi connectivity index (χ2v) is 4.27. The first kappa shape index (κ1) is 13.6. The molecule has 1 rings (SSSR count). The minimum atomic E-state index is -1.09. The Morgan fingerprint density at radius 2 is 1.94 bits per heavy atom. The summed E-state index contributed by atoms with van der Waals surface area (Å²) in [5.74, 6) is -1.27. The number of rotatable bonds is 6. The minimum Gasteiger partial charge on any atom is -0.388 e. The minimum absolute atomic E-state index is 0.105. The predicted octanol–water partition coefficient (Wildman–Crippen LogP) is 1.39. The van der Waals surface area contributed by atoms with Crippen LogP contribution >= 0.6 is 0 Å². The molecule has 1 unspecified atom stereocenters. The molecule has 1 amide bonds. The Morgan fingerprint density at radius 3 is 2.47 bits per heavy atom. The van der Waals surface area contributed by atoms with Crippen LogP contribution in [0.2, 0.25) is 0 Å². The molecule has 1 atom stereocenters. The second-order valence-electron chi connectivity index (χ2n) is 4.27. The third kappa shape index (κ3) is 4.91. The van der Waals surface area contributed by atoms with Crippen LogP contribution in [0.3, 0.4) is 0 Å². The van der Waals surface area contributed by atoms with E-state index >= 15 is 0 Å². The Kier molecular flexibility index (Phi) is 4.57. The molecule has 17 heavy (non-hydrogen) atoms. The summed E-state index contributed by atoms with van der Waals surface area (Å²) in [4.78, 5) is 10.1. The molecule has 0 bridgehead atoms. The van der Waals surface area contributed by atoms with Crippen molar-refractivity contribution in [2.45, 2.75) is 25.4 Å². The van der Waals surface area contributed by atoms with E-state index in [1.54, 1.807) is 6.92 Å². The van der Waals surface area contributed by atoms with Gasteiger partial charge in [0.15, 0.2) is 0 Å². The molecule has 0 aliphatic carbocycles. The van der Waals surface area contributed by atoms with Crippen LogP contribution in [0, 0.1) is 11.6 Å². The molecule has 0 saturated heterocycles. The summed E-state index contributed by atoms with van der Waals surface area (Å²) in [7, 11) is 0. The van der Waals surface area contributed by atoms with Crippen molar-refractivity contribution in [1.29, 1.82) is 0 Å². The molecule has 0 radical (unpaired) electrons. The molecule has 2 N–H and O–H groups in total. The third-order valence-corrected chi connectivity index (χ3v) is 2.44. The van der Waals surface area contributed by atoms with Crippen molar-refractivity contribution in [3.8, 4) is 0 Å². The predicted molar refractivity (Wildman–Crippen MR) is 59.4 cm³/mol. The average Bonchev–Trinajstić information content (AvgIpc) is 2.23. The summed E-state index contributed by atoms with van der Waals surface area (Å²) in [5.41, 5.74) is -0.613. The van der Waals surface area contributed by atoms with E-state index in [0.29, 0.717) is 24.8 Å². The van der Waals surface area contributed by atoms with Gasteiger partial charge >= 0.3 is 0 Å². The molecule has 1 aromatic rings. The van der Waals surface area contributed by atoms with Crippen LogP contribution in [0.5, 0.6) is 0 Å². The lowest BCUT2D eigenvalue weighted by Gasteiger charge is -2.22. The highest BCUT2D eigenvalue weighted by molar-refractivity contribution is 5.46. The van der Waals surface area contributed by atoms with Gasteiger partial charge in [0.25, 0.3) is 0 Å². The Bertz CT molecular complexity index is 374. The van der Waals surface area contributed by atoms with E-state index in [-0.39, 0.29) is 6.54 Å². The largest absolute Gasteiger partial charge is 0.388 e. The first-order chi connectivity index (χ1) is 7.93. The number of nitrogens with one attached hydrogen (secondary N) is 1. The number of hydrogen-bond donors (Lipinski definition) is 2. The van der Waals surface area contributed by atoms with Crippen molar-refractivity contribution < 1.29 is 18.7 Å². The van der Waals surface area contributed by atoms with Crippen LogP contribution in [-0.4, -0.2) is 23.7 Å². The molecule has 0 fully saturated rings. The molecule has 0 aromatic heterocycles. The summed E-state index contributed by atoms with van der Waals surface area (Å²) < 4.78 is 25.8. The van der Waals surface area contributed by atoms with E-state index in [1.165, 1.54) is 12.1 Å². The Morgan fingerprint density at radius 1 is 1.35 bits per heavy atom. The van der Waals surface area contributed by atoms with Gasteiger partial charge in [-0.25, -0.2) is 8.78 Å². The fourth-order valence-electron chi connectivity index (χ4n) is 1.52. The highest BCUT2D eigenvalue weighted by Gasteiger charge is 2.19. The quantitative estimate of drug-likeness (QED) is 0.742. The molecular weight excluding hydrogens is 228 g/mol. The maximum Gasteiger partial charge on any atom is 0.207 e. The number of aryl methyl sites for hydroxylation is 1. The van der Waals surface area contributed by atoms with Crippen molar-refractivity contribution >= 4 is 6.41 Å². The molecule has 0 aliphatic heterocycles. The van der Waals surface area contributed by atoms with E-state index < -0.39 is 17.2 Å². The molecule has 5 heteroatoms. The fourth-order valence-corrected chi connectivity index (χ4v) is 1.52. The van der Waals surface area contributed by atoms with Crippen molar-refractivity contribution in [2.75, 3.05) is 6.54 Å². The van der Waals surface area contributed by atoms with Gasteiger partial charge in [-0.15, -0.1) is 0 Å². The molecule has 0 saturated carbocycles. The van der Waals surface area contributed by atoms with E-state index in [4.69, 9.17) is 0 Å². The lowest BCUT2D eigenvalue weighted by atomic mass is 9.97. The average molecular weight is 243 g/mol. The standard InChI is InChI=1S/C12H15F2NO2/c1-12(17,7-15-8-16)3-2-9-4-10(13)6-11(14)5-9/h4-6,8,17H,2-3,7H2,1H3,(H,15,16). The summed E-state index contributed by atoms with van der Waals surface area (Å²) in [6, 6.07) is 3.26. The zero-order valence-corrected chi connectivity index (χ0v) is 9.54. The fraction of sp³-hybridized carbons (Fsp3) is 0.417. The molecule has 1 aromatic carbocycles. The van der Waals surface area contributed by atoms with Gasteiger partial charge in [-0.05, 0) is 37.5 Å². The summed E-state index contributed by atoms with van der Waals surface area (Å²) in [6.07, 6.45) is 1.13.